The minimum absolute atomic E-state index is 0.0292. The first-order chi connectivity index (χ1) is 8.61. The van der Waals surface area contributed by atoms with Gasteiger partial charge >= 0.3 is 0 Å². The molecule has 0 radical (unpaired) electrons. The first-order valence-electron chi connectivity index (χ1n) is 5.02. The normalized spacial score (nSPS) is 9.89. The van der Waals surface area contributed by atoms with Crippen molar-refractivity contribution in [3.8, 4) is 6.07 Å². The summed E-state index contributed by atoms with van der Waals surface area (Å²) in [4.78, 5) is 0. The number of nitrogens with one attached hydrogen (secondary N) is 1. The van der Waals surface area contributed by atoms with E-state index in [1.54, 1.807) is 6.07 Å². The van der Waals surface area contributed by atoms with Crippen molar-refractivity contribution in [2.75, 3.05) is 5.32 Å². The number of hydrogen-bond acceptors (Lipinski definition) is 2. The average molecular weight is 248 g/mol. The van der Waals surface area contributed by atoms with Crippen molar-refractivity contribution in [2.24, 2.45) is 0 Å². The summed E-state index contributed by atoms with van der Waals surface area (Å²) in [5.41, 5.74) is -0.122. The number of anilines is 2. The smallest absolute Gasteiger partial charge is 0.149 e. The summed E-state index contributed by atoms with van der Waals surface area (Å²) < 4.78 is 39.4. The Balaban J connectivity index is 2.41. The fourth-order valence-electron chi connectivity index (χ4n) is 1.48. The molecule has 0 aliphatic rings. The summed E-state index contributed by atoms with van der Waals surface area (Å²) >= 11 is 0. The third-order valence-corrected chi connectivity index (χ3v) is 2.33. The molecule has 2 rings (SSSR count). The lowest BCUT2D eigenvalue weighted by atomic mass is 10.1. The molecule has 18 heavy (non-hydrogen) atoms. The minimum atomic E-state index is -0.817. The van der Waals surface area contributed by atoms with E-state index in [-0.39, 0.29) is 16.9 Å². The molecular weight excluding hydrogens is 241 g/mol. The van der Waals surface area contributed by atoms with Gasteiger partial charge in [0.1, 0.15) is 29.1 Å². The molecule has 0 heterocycles. The van der Waals surface area contributed by atoms with Gasteiger partial charge in [-0.05, 0) is 24.3 Å². The molecule has 0 unspecified atom stereocenters. The van der Waals surface area contributed by atoms with Gasteiger partial charge in [0.25, 0.3) is 0 Å². The van der Waals surface area contributed by atoms with E-state index in [1.165, 1.54) is 18.2 Å². The Kier molecular flexibility index (Phi) is 3.20. The Bertz CT molecular complexity index is 633. The molecule has 0 atom stereocenters. The molecular formula is C13H7F3N2. The van der Waals surface area contributed by atoms with Gasteiger partial charge in [-0.1, -0.05) is 6.07 Å². The van der Waals surface area contributed by atoms with Gasteiger partial charge in [0, 0.05) is 6.07 Å². The molecule has 0 aliphatic heterocycles. The third-order valence-electron chi connectivity index (χ3n) is 2.33. The number of halogens is 3. The van der Waals surface area contributed by atoms with Crippen LogP contribution in [0.25, 0.3) is 0 Å². The highest BCUT2D eigenvalue weighted by atomic mass is 19.1. The van der Waals surface area contributed by atoms with E-state index in [2.05, 4.69) is 5.32 Å². The molecule has 1 N–H and O–H groups in total. The van der Waals surface area contributed by atoms with Crippen LogP contribution in [0.5, 0.6) is 0 Å². The lowest BCUT2D eigenvalue weighted by molar-refractivity contribution is 0.586. The number of nitriles is 1. The maximum Gasteiger partial charge on any atom is 0.149 e. The summed E-state index contributed by atoms with van der Waals surface area (Å²) in [5, 5.41) is 11.4. The Hall–Kier alpha value is -2.48. The van der Waals surface area contributed by atoms with Crippen molar-refractivity contribution in [3.05, 3.63) is 59.4 Å². The number of hydrogen-bond donors (Lipinski definition) is 1. The maximum absolute atomic E-state index is 13.4. The van der Waals surface area contributed by atoms with Crippen LogP contribution < -0.4 is 5.32 Å². The van der Waals surface area contributed by atoms with Crippen LogP contribution in [0, 0.1) is 28.8 Å². The van der Waals surface area contributed by atoms with Gasteiger partial charge in [0.2, 0.25) is 0 Å². The van der Waals surface area contributed by atoms with Crippen molar-refractivity contribution in [1.82, 2.24) is 0 Å². The van der Waals surface area contributed by atoms with Crippen molar-refractivity contribution in [2.45, 2.75) is 0 Å². The van der Waals surface area contributed by atoms with Crippen molar-refractivity contribution >= 4 is 11.4 Å². The van der Waals surface area contributed by atoms with Crippen LogP contribution in [-0.2, 0) is 0 Å². The molecule has 0 aromatic heterocycles. The number of benzene rings is 2. The van der Waals surface area contributed by atoms with Gasteiger partial charge in [-0.3, -0.25) is 0 Å². The summed E-state index contributed by atoms with van der Waals surface area (Å²) in [6.45, 7) is 0. The molecule has 2 aromatic rings. The van der Waals surface area contributed by atoms with E-state index < -0.39 is 17.5 Å². The third kappa shape index (κ3) is 2.28. The van der Waals surface area contributed by atoms with Crippen LogP contribution in [0.2, 0.25) is 0 Å². The molecule has 0 fully saturated rings. The Labute approximate surface area is 101 Å². The zero-order chi connectivity index (χ0) is 13.1. The van der Waals surface area contributed by atoms with Crippen LogP contribution in [-0.4, -0.2) is 0 Å². The van der Waals surface area contributed by atoms with Crippen LogP contribution in [0.3, 0.4) is 0 Å². The van der Waals surface area contributed by atoms with E-state index >= 15 is 0 Å². The van der Waals surface area contributed by atoms with Crippen molar-refractivity contribution < 1.29 is 13.2 Å². The van der Waals surface area contributed by atoms with E-state index in [0.29, 0.717) is 6.07 Å². The quantitative estimate of drug-likeness (QED) is 0.879. The van der Waals surface area contributed by atoms with E-state index in [0.717, 1.165) is 12.1 Å². The molecule has 2 aromatic carbocycles. The van der Waals surface area contributed by atoms with E-state index in [4.69, 9.17) is 5.26 Å². The second-order valence-corrected chi connectivity index (χ2v) is 3.52. The fraction of sp³-hybridized carbons (Fsp3) is 0. The standard InChI is InChI=1S/C13H7F3N2/c14-8-4-5-13(11(16)6-8)18-12-3-1-2-10(15)9(12)7-17/h1-6,18H. The molecule has 0 spiro atoms. The first-order valence-corrected chi connectivity index (χ1v) is 5.02. The van der Waals surface area contributed by atoms with Gasteiger partial charge in [-0.2, -0.15) is 5.26 Å². The monoisotopic (exact) mass is 248 g/mol. The first kappa shape index (κ1) is 12.0. The molecule has 0 saturated heterocycles. The summed E-state index contributed by atoms with van der Waals surface area (Å²) in [5.74, 6) is -2.23. The topological polar surface area (TPSA) is 35.8 Å². The van der Waals surface area contributed by atoms with Crippen LogP contribution >= 0.6 is 0 Å². The number of rotatable bonds is 2. The molecule has 2 nitrogen and oxygen atoms in total. The average Bonchev–Trinajstić information content (AvgIpc) is 2.33. The molecule has 5 heteroatoms. The molecule has 90 valence electrons. The zero-order valence-corrected chi connectivity index (χ0v) is 9.05. The van der Waals surface area contributed by atoms with Gasteiger partial charge in [0.15, 0.2) is 0 Å². The van der Waals surface area contributed by atoms with Crippen LogP contribution in [0.15, 0.2) is 36.4 Å². The lowest BCUT2D eigenvalue weighted by Gasteiger charge is -2.09. The van der Waals surface area contributed by atoms with Crippen LogP contribution in [0.1, 0.15) is 5.56 Å². The largest absolute Gasteiger partial charge is 0.352 e. The molecule has 0 bridgehead atoms. The summed E-state index contributed by atoms with van der Waals surface area (Å²) in [6.07, 6.45) is 0. The van der Waals surface area contributed by atoms with E-state index in [9.17, 15) is 13.2 Å². The lowest BCUT2D eigenvalue weighted by Crippen LogP contribution is -1.98. The predicted octanol–water partition coefficient (Wildman–Crippen LogP) is 3.72. The Morgan fingerprint density at radius 1 is 0.944 bits per heavy atom. The molecule has 0 aliphatic carbocycles. The van der Waals surface area contributed by atoms with E-state index in [1.807, 2.05) is 0 Å². The fourth-order valence-corrected chi connectivity index (χ4v) is 1.48. The van der Waals surface area contributed by atoms with Gasteiger partial charge in [0.05, 0.1) is 11.4 Å². The minimum Gasteiger partial charge on any atom is -0.352 e. The van der Waals surface area contributed by atoms with Gasteiger partial charge in [-0.15, -0.1) is 0 Å². The maximum atomic E-state index is 13.4. The number of nitrogens with zero attached hydrogens (tertiary/aromatic N) is 1. The summed E-state index contributed by atoms with van der Waals surface area (Å²) in [6, 6.07) is 8.58. The predicted molar refractivity (Wildman–Crippen MR) is 60.8 cm³/mol. The molecule has 0 saturated carbocycles. The Morgan fingerprint density at radius 3 is 2.39 bits per heavy atom. The van der Waals surface area contributed by atoms with Gasteiger partial charge in [-0.25, -0.2) is 13.2 Å². The second kappa shape index (κ2) is 4.80. The van der Waals surface area contributed by atoms with Crippen molar-refractivity contribution in [3.63, 3.8) is 0 Å². The Morgan fingerprint density at radius 2 is 1.72 bits per heavy atom. The highest BCUT2D eigenvalue weighted by Crippen LogP contribution is 2.24. The summed E-state index contributed by atoms with van der Waals surface area (Å²) in [7, 11) is 0. The highest BCUT2D eigenvalue weighted by molar-refractivity contribution is 5.67. The zero-order valence-electron chi connectivity index (χ0n) is 9.05. The highest BCUT2D eigenvalue weighted by Gasteiger charge is 2.10. The van der Waals surface area contributed by atoms with Gasteiger partial charge < -0.3 is 5.32 Å². The molecule has 0 amide bonds. The SMILES string of the molecule is N#Cc1c(F)cccc1Nc1ccc(F)cc1F. The second-order valence-electron chi connectivity index (χ2n) is 3.52. The van der Waals surface area contributed by atoms with Crippen LogP contribution in [0.4, 0.5) is 24.5 Å². The van der Waals surface area contributed by atoms with Crippen molar-refractivity contribution in [1.29, 1.82) is 5.26 Å².